The molecule has 0 amide bonds. The van der Waals surface area contributed by atoms with Crippen molar-refractivity contribution in [2.75, 3.05) is 18.6 Å². The molecule has 118 valence electrons. The van der Waals surface area contributed by atoms with Crippen molar-refractivity contribution in [3.8, 4) is 0 Å². The number of hydrogen-bond acceptors (Lipinski definition) is 4. The van der Waals surface area contributed by atoms with Crippen LogP contribution in [0.1, 0.15) is 31.4 Å². The van der Waals surface area contributed by atoms with Gasteiger partial charge in [0.2, 0.25) is 0 Å². The summed E-state index contributed by atoms with van der Waals surface area (Å²) < 4.78 is 23.1. The third-order valence-electron chi connectivity index (χ3n) is 4.00. The molecule has 1 fully saturated rings. The SMILES string of the molecule is CC(C)NCc1ccc(CN(C)C2CCS(=O)(=O)C2)cc1. The molecule has 0 radical (unpaired) electrons. The highest BCUT2D eigenvalue weighted by Crippen LogP contribution is 2.18. The first-order valence-electron chi connectivity index (χ1n) is 7.57. The van der Waals surface area contributed by atoms with Crippen molar-refractivity contribution in [2.24, 2.45) is 0 Å². The van der Waals surface area contributed by atoms with Gasteiger partial charge in [0.15, 0.2) is 9.84 Å². The van der Waals surface area contributed by atoms with Crippen molar-refractivity contribution >= 4 is 9.84 Å². The van der Waals surface area contributed by atoms with Gasteiger partial charge in [0, 0.05) is 25.2 Å². The van der Waals surface area contributed by atoms with Crippen molar-refractivity contribution in [1.29, 1.82) is 0 Å². The minimum absolute atomic E-state index is 0.164. The summed E-state index contributed by atoms with van der Waals surface area (Å²) in [5.74, 6) is 0.641. The molecular formula is C16H26N2O2S. The summed E-state index contributed by atoms with van der Waals surface area (Å²) in [6.07, 6.45) is 0.759. The third kappa shape index (κ3) is 5.09. The third-order valence-corrected chi connectivity index (χ3v) is 5.75. The van der Waals surface area contributed by atoms with Gasteiger partial charge in [0.25, 0.3) is 0 Å². The zero-order valence-corrected chi connectivity index (χ0v) is 14.0. The molecule has 0 spiro atoms. The molecule has 4 nitrogen and oxygen atoms in total. The summed E-state index contributed by atoms with van der Waals surface area (Å²) in [6, 6.07) is 9.21. The molecule has 1 N–H and O–H groups in total. The van der Waals surface area contributed by atoms with Gasteiger partial charge in [-0.2, -0.15) is 0 Å². The molecule has 1 aliphatic rings. The average molecular weight is 310 g/mol. The maximum Gasteiger partial charge on any atom is 0.151 e. The Morgan fingerprint density at radius 2 is 1.86 bits per heavy atom. The van der Waals surface area contributed by atoms with Crippen LogP contribution < -0.4 is 5.32 Å². The fraction of sp³-hybridized carbons (Fsp3) is 0.625. The standard InChI is InChI=1S/C16H26N2O2S/c1-13(2)17-10-14-4-6-15(7-5-14)11-18(3)16-8-9-21(19,20)12-16/h4-7,13,16-17H,8-12H2,1-3H3. The first kappa shape index (κ1) is 16.5. The Labute approximate surface area is 128 Å². The quantitative estimate of drug-likeness (QED) is 0.870. The van der Waals surface area contributed by atoms with Crippen LogP contribution in [0.15, 0.2) is 24.3 Å². The molecule has 1 heterocycles. The van der Waals surface area contributed by atoms with Crippen LogP contribution in [0.3, 0.4) is 0 Å². The molecule has 1 atom stereocenters. The van der Waals surface area contributed by atoms with E-state index in [1.807, 2.05) is 7.05 Å². The van der Waals surface area contributed by atoms with Gasteiger partial charge in [-0.1, -0.05) is 38.1 Å². The van der Waals surface area contributed by atoms with Crippen LogP contribution in [0.25, 0.3) is 0 Å². The number of nitrogens with one attached hydrogen (secondary N) is 1. The molecule has 0 bridgehead atoms. The molecule has 0 aromatic heterocycles. The highest BCUT2D eigenvalue weighted by molar-refractivity contribution is 7.91. The minimum Gasteiger partial charge on any atom is -0.310 e. The Morgan fingerprint density at radius 3 is 2.38 bits per heavy atom. The number of rotatable bonds is 6. The maximum absolute atomic E-state index is 11.5. The van der Waals surface area contributed by atoms with Crippen LogP contribution in [-0.2, 0) is 22.9 Å². The van der Waals surface area contributed by atoms with Crippen LogP contribution in [0, 0.1) is 0 Å². The van der Waals surface area contributed by atoms with E-state index in [1.54, 1.807) is 0 Å². The second kappa shape index (κ2) is 6.90. The lowest BCUT2D eigenvalue weighted by molar-refractivity contribution is 0.254. The Kier molecular flexibility index (Phi) is 5.41. The summed E-state index contributed by atoms with van der Waals surface area (Å²) in [5.41, 5.74) is 2.51. The molecule has 5 heteroatoms. The predicted molar refractivity (Wildman–Crippen MR) is 86.9 cm³/mol. The van der Waals surface area contributed by atoms with E-state index in [1.165, 1.54) is 11.1 Å². The fourth-order valence-electron chi connectivity index (χ4n) is 2.62. The van der Waals surface area contributed by atoms with Crippen LogP contribution in [0.4, 0.5) is 0 Å². The monoisotopic (exact) mass is 310 g/mol. The molecule has 21 heavy (non-hydrogen) atoms. The van der Waals surface area contributed by atoms with Crippen molar-refractivity contribution in [1.82, 2.24) is 10.2 Å². The first-order chi connectivity index (χ1) is 9.85. The van der Waals surface area contributed by atoms with Gasteiger partial charge >= 0.3 is 0 Å². The molecule has 1 aliphatic heterocycles. The highest BCUT2D eigenvalue weighted by atomic mass is 32.2. The molecule has 0 saturated carbocycles. The smallest absolute Gasteiger partial charge is 0.151 e. The maximum atomic E-state index is 11.5. The van der Waals surface area contributed by atoms with E-state index in [0.29, 0.717) is 17.5 Å². The van der Waals surface area contributed by atoms with E-state index in [9.17, 15) is 8.42 Å². The Morgan fingerprint density at radius 1 is 1.24 bits per heavy atom. The molecular weight excluding hydrogens is 284 g/mol. The number of hydrogen-bond donors (Lipinski definition) is 1. The van der Waals surface area contributed by atoms with Gasteiger partial charge in [-0.05, 0) is 24.6 Å². The summed E-state index contributed by atoms with van der Waals surface area (Å²) in [4.78, 5) is 2.16. The topological polar surface area (TPSA) is 49.4 Å². The molecule has 2 rings (SSSR count). The van der Waals surface area contributed by atoms with E-state index in [4.69, 9.17) is 0 Å². The molecule has 1 unspecified atom stereocenters. The molecule has 1 saturated heterocycles. The van der Waals surface area contributed by atoms with Crippen LogP contribution in [0.2, 0.25) is 0 Å². The Bertz CT molecular complexity index is 552. The van der Waals surface area contributed by atoms with E-state index >= 15 is 0 Å². The number of nitrogens with zero attached hydrogens (tertiary/aromatic N) is 1. The van der Waals surface area contributed by atoms with Crippen molar-refractivity contribution in [3.63, 3.8) is 0 Å². The minimum atomic E-state index is -2.80. The van der Waals surface area contributed by atoms with Crippen molar-refractivity contribution in [2.45, 2.75) is 45.4 Å². The van der Waals surface area contributed by atoms with Gasteiger partial charge < -0.3 is 5.32 Å². The number of benzene rings is 1. The second-order valence-corrected chi connectivity index (χ2v) is 8.55. The number of sulfone groups is 1. The summed E-state index contributed by atoms with van der Waals surface area (Å²) in [5, 5.41) is 3.40. The predicted octanol–water partition coefficient (Wildman–Crippen LogP) is 1.80. The van der Waals surface area contributed by atoms with E-state index in [-0.39, 0.29) is 6.04 Å². The van der Waals surface area contributed by atoms with E-state index in [2.05, 4.69) is 48.3 Å². The summed E-state index contributed by atoms with van der Waals surface area (Å²) in [6.45, 7) is 5.96. The Hall–Kier alpha value is -0.910. The lowest BCUT2D eigenvalue weighted by atomic mass is 10.1. The summed E-state index contributed by atoms with van der Waals surface area (Å²) >= 11 is 0. The van der Waals surface area contributed by atoms with E-state index in [0.717, 1.165) is 19.5 Å². The van der Waals surface area contributed by atoms with Gasteiger partial charge in [-0.3, -0.25) is 4.90 Å². The first-order valence-corrected chi connectivity index (χ1v) is 9.40. The van der Waals surface area contributed by atoms with Crippen molar-refractivity contribution in [3.05, 3.63) is 35.4 Å². The average Bonchev–Trinajstić information content (AvgIpc) is 2.78. The highest BCUT2D eigenvalue weighted by Gasteiger charge is 2.30. The van der Waals surface area contributed by atoms with Gasteiger partial charge in [0.1, 0.15) is 0 Å². The zero-order chi connectivity index (χ0) is 15.5. The van der Waals surface area contributed by atoms with Crippen molar-refractivity contribution < 1.29 is 8.42 Å². The molecule has 1 aromatic rings. The van der Waals surface area contributed by atoms with Gasteiger partial charge in [-0.25, -0.2) is 8.42 Å². The lowest BCUT2D eigenvalue weighted by Gasteiger charge is -2.23. The second-order valence-electron chi connectivity index (χ2n) is 6.32. The zero-order valence-electron chi connectivity index (χ0n) is 13.2. The fourth-order valence-corrected chi connectivity index (χ4v) is 4.43. The molecule has 1 aromatic carbocycles. The van der Waals surface area contributed by atoms with Gasteiger partial charge in [0.05, 0.1) is 11.5 Å². The normalized spacial score (nSPS) is 21.3. The van der Waals surface area contributed by atoms with Crippen LogP contribution >= 0.6 is 0 Å². The van der Waals surface area contributed by atoms with Gasteiger partial charge in [-0.15, -0.1) is 0 Å². The van der Waals surface area contributed by atoms with Crippen LogP contribution in [-0.4, -0.2) is 44.0 Å². The lowest BCUT2D eigenvalue weighted by Crippen LogP contribution is -2.32. The van der Waals surface area contributed by atoms with E-state index < -0.39 is 9.84 Å². The Balaban J connectivity index is 1.88. The largest absolute Gasteiger partial charge is 0.310 e. The summed E-state index contributed by atoms with van der Waals surface area (Å²) in [7, 11) is -0.791. The molecule has 0 aliphatic carbocycles. The van der Waals surface area contributed by atoms with Crippen LogP contribution in [0.5, 0.6) is 0 Å².